The zero-order valence-corrected chi connectivity index (χ0v) is 14.7. The fourth-order valence-corrected chi connectivity index (χ4v) is 5.78. The van der Waals surface area contributed by atoms with E-state index in [1.165, 1.54) is 0 Å². The van der Waals surface area contributed by atoms with Crippen molar-refractivity contribution in [2.24, 2.45) is 17.6 Å². The van der Waals surface area contributed by atoms with Crippen molar-refractivity contribution in [1.29, 1.82) is 0 Å². The van der Waals surface area contributed by atoms with Gasteiger partial charge in [0.2, 0.25) is 5.91 Å². The molecule has 3 rings (SSSR count). The van der Waals surface area contributed by atoms with E-state index in [0.717, 1.165) is 6.42 Å². The summed E-state index contributed by atoms with van der Waals surface area (Å²) in [6.45, 7) is 3.32. The quantitative estimate of drug-likeness (QED) is 0.789. The molecule has 2 aliphatic heterocycles. The third-order valence-corrected chi connectivity index (χ3v) is 7.33. The molecule has 1 amide bonds. The number of nitrogens with zero attached hydrogens (tertiary/aromatic N) is 1. The number of rotatable bonds is 2. The van der Waals surface area contributed by atoms with Crippen LogP contribution < -0.4 is 11.1 Å². The maximum atomic E-state index is 12.8. The maximum absolute atomic E-state index is 12.8. The summed E-state index contributed by atoms with van der Waals surface area (Å²) in [5, 5.41) is 3.38. The highest BCUT2D eigenvalue weighted by Crippen LogP contribution is 2.44. The first-order valence-corrected chi connectivity index (χ1v) is 9.72. The molecule has 2 saturated heterocycles. The monoisotopic (exact) mass is 365 g/mol. The molecule has 0 aromatic rings. The Morgan fingerprint density at radius 2 is 1.88 bits per heavy atom. The molecule has 8 heteroatoms. The van der Waals surface area contributed by atoms with E-state index in [1.807, 2.05) is 11.8 Å². The van der Waals surface area contributed by atoms with E-state index in [9.17, 15) is 18.0 Å². The molecule has 1 saturated carbocycles. The third-order valence-electron chi connectivity index (χ3n) is 5.62. The lowest BCUT2D eigenvalue weighted by Gasteiger charge is -2.32. The van der Waals surface area contributed by atoms with Gasteiger partial charge in [-0.25, -0.2) is 0 Å². The summed E-state index contributed by atoms with van der Waals surface area (Å²) in [7, 11) is 0. The molecular formula is C16H26F3N3OS. The van der Waals surface area contributed by atoms with Gasteiger partial charge in [-0.2, -0.15) is 13.2 Å². The number of halogens is 3. The zero-order chi connectivity index (χ0) is 17.5. The molecule has 0 spiro atoms. The second kappa shape index (κ2) is 7.03. The molecule has 0 aromatic carbocycles. The van der Waals surface area contributed by atoms with Crippen molar-refractivity contribution in [3.05, 3.63) is 0 Å². The Kier molecular flexibility index (Phi) is 5.37. The van der Waals surface area contributed by atoms with Crippen LogP contribution in [0.1, 0.15) is 39.0 Å². The van der Waals surface area contributed by atoms with Gasteiger partial charge in [0.1, 0.15) is 5.25 Å². The summed E-state index contributed by atoms with van der Waals surface area (Å²) in [4.78, 5) is 14.5. The van der Waals surface area contributed by atoms with Gasteiger partial charge in [0.15, 0.2) is 0 Å². The fourth-order valence-electron chi connectivity index (χ4n) is 4.10. The predicted octanol–water partition coefficient (Wildman–Crippen LogP) is 2.33. The number of carbonyl (C=O) groups is 1. The number of hydrogen-bond acceptors (Lipinski definition) is 4. The molecule has 2 heterocycles. The highest BCUT2D eigenvalue weighted by atomic mass is 32.2. The van der Waals surface area contributed by atoms with E-state index in [0.29, 0.717) is 25.9 Å². The van der Waals surface area contributed by atoms with Crippen LogP contribution in [0.4, 0.5) is 13.2 Å². The molecule has 3 N–H and O–H groups in total. The molecule has 3 fully saturated rings. The smallest absolute Gasteiger partial charge is 0.340 e. The molecule has 4 nitrogen and oxygen atoms in total. The van der Waals surface area contributed by atoms with E-state index < -0.39 is 12.1 Å². The van der Waals surface area contributed by atoms with Crippen molar-refractivity contribution in [2.45, 2.75) is 67.9 Å². The van der Waals surface area contributed by atoms with Gasteiger partial charge in [-0.3, -0.25) is 4.79 Å². The van der Waals surface area contributed by atoms with Crippen LogP contribution in [0.2, 0.25) is 0 Å². The van der Waals surface area contributed by atoms with Gasteiger partial charge in [0, 0.05) is 25.2 Å². The number of carbonyl (C=O) groups excluding carboxylic acids is 1. The van der Waals surface area contributed by atoms with Crippen LogP contribution in [0.15, 0.2) is 0 Å². The number of thioether (sulfide) groups is 1. The Bertz CT molecular complexity index is 468. The summed E-state index contributed by atoms with van der Waals surface area (Å²) < 4.78 is 38.4. The zero-order valence-electron chi connectivity index (χ0n) is 13.9. The van der Waals surface area contributed by atoms with Gasteiger partial charge in [-0.05, 0) is 44.9 Å². The molecular weight excluding hydrogens is 339 g/mol. The Balaban J connectivity index is 1.54. The van der Waals surface area contributed by atoms with Crippen molar-refractivity contribution < 1.29 is 18.0 Å². The van der Waals surface area contributed by atoms with Gasteiger partial charge in [0.05, 0.1) is 11.3 Å². The predicted molar refractivity (Wildman–Crippen MR) is 88.4 cm³/mol. The average Bonchev–Trinajstić information content (AvgIpc) is 3.12. The number of amides is 1. The van der Waals surface area contributed by atoms with Crippen molar-refractivity contribution >= 4 is 17.7 Å². The van der Waals surface area contributed by atoms with Gasteiger partial charge >= 0.3 is 6.18 Å². The lowest BCUT2D eigenvalue weighted by molar-refractivity contribution is -0.184. The topological polar surface area (TPSA) is 58.4 Å². The number of nitrogens with two attached hydrogens (primary N) is 1. The maximum Gasteiger partial charge on any atom is 0.391 e. The largest absolute Gasteiger partial charge is 0.391 e. The summed E-state index contributed by atoms with van der Waals surface area (Å²) in [5.74, 6) is -0.810. The lowest BCUT2D eigenvalue weighted by Crippen LogP contribution is -2.43. The lowest BCUT2D eigenvalue weighted by atomic mass is 9.81. The van der Waals surface area contributed by atoms with Crippen LogP contribution in [-0.2, 0) is 4.79 Å². The number of alkyl halides is 3. The molecule has 138 valence electrons. The van der Waals surface area contributed by atoms with E-state index in [4.69, 9.17) is 5.73 Å². The van der Waals surface area contributed by atoms with Crippen molar-refractivity contribution in [3.8, 4) is 0 Å². The standard InChI is InChI=1S/C16H26F3N3OS/c1-9-13(15(23)22-7-6-12(20)8-22)24-14(21-9)10-2-4-11(5-3-10)16(17,18)19/h9-14,21H,2-8,20H2,1H3/t9?,10?,11?,12-,13?,14?/m1/s1. The highest BCUT2D eigenvalue weighted by molar-refractivity contribution is 8.01. The van der Waals surface area contributed by atoms with Crippen molar-refractivity contribution in [3.63, 3.8) is 0 Å². The van der Waals surface area contributed by atoms with Crippen LogP contribution in [0, 0.1) is 11.8 Å². The second-order valence-corrected chi connectivity index (χ2v) is 8.71. The molecule has 3 unspecified atom stereocenters. The van der Waals surface area contributed by atoms with Crippen molar-refractivity contribution in [2.75, 3.05) is 13.1 Å². The van der Waals surface area contributed by atoms with Crippen LogP contribution in [0.5, 0.6) is 0 Å². The number of likely N-dealkylation sites (tertiary alicyclic amines) is 1. The molecule has 1 aliphatic carbocycles. The normalized spacial score (nSPS) is 41.0. The first-order chi connectivity index (χ1) is 11.3. The van der Waals surface area contributed by atoms with E-state index >= 15 is 0 Å². The van der Waals surface area contributed by atoms with E-state index in [1.54, 1.807) is 11.8 Å². The van der Waals surface area contributed by atoms with Gasteiger partial charge in [-0.1, -0.05) is 0 Å². The number of nitrogens with one attached hydrogen (secondary N) is 1. The SMILES string of the molecule is CC1NC(C2CCC(C(F)(F)F)CC2)SC1C(=O)N1CC[C@@H](N)C1. The van der Waals surface area contributed by atoms with E-state index in [2.05, 4.69) is 5.32 Å². The minimum atomic E-state index is -4.07. The Morgan fingerprint density at radius 3 is 2.42 bits per heavy atom. The summed E-state index contributed by atoms with van der Waals surface area (Å²) in [6, 6.07) is 0.113. The van der Waals surface area contributed by atoms with Crippen LogP contribution in [-0.4, -0.2) is 52.8 Å². The minimum Gasteiger partial charge on any atom is -0.340 e. The Labute approximate surface area is 145 Å². The molecule has 24 heavy (non-hydrogen) atoms. The second-order valence-electron chi connectivity index (χ2n) is 7.42. The first kappa shape index (κ1) is 18.3. The molecule has 3 aliphatic rings. The fraction of sp³-hybridized carbons (Fsp3) is 0.938. The van der Waals surface area contributed by atoms with Crippen molar-refractivity contribution in [1.82, 2.24) is 10.2 Å². The van der Waals surface area contributed by atoms with Crippen LogP contribution in [0.3, 0.4) is 0 Å². The van der Waals surface area contributed by atoms with Gasteiger partial charge in [-0.15, -0.1) is 11.8 Å². The summed E-state index contributed by atoms with van der Waals surface area (Å²) in [6.07, 6.45) is -1.65. The van der Waals surface area contributed by atoms with Crippen LogP contribution >= 0.6 is 11.8 Å². The minimum absolute atomic E-state index is 0.0460. The summed E-state index contributed by atoms with van der Waals surface area (Å²) >= 11 is 1.61. The third kappa shape index (κ3) is 3.85. The molecule has 0 radical (unpaired) electrons. The molecule has 0 bridgehead atoms. The Morgan fingerprint density at radius 1 is 1.21 bits per heavy atom. The molecule has 4 atom stereocenters. The first-order valence-electron chi connectivity index (χ1n) is 8.78. The highest BCUT2D eigenvalue weighted by Gasteiger charge is 2.46. The van der Waals surface area contributed by atoms with Gasteiger partial charge in [0.25, 0.3) is 0 Å². The average molecular weight is 365 g/mol. The number of hydrogen-bond donors (Lipinski definition) is 2. The van der Waals surface area contributed by atoms with Gasteiger partial charge < -0.3 is 16.0 Å². The molecule has 0 aromatic heterocycles. The summed E-state index contributed by atoms with van der Waals surface area (Å²) in [5.41, 5.74) is 5.88. The Hall–Kier alpha value is -0.470. The van der Waals surface area contributed by atoms with E-state index in [-0.39, 0.29) is 47.4 Å². The van der Waals surface area contributed by atoms with Crippen LogP contribution in [0.25, 0.3) is 0 Å².